The Morgan fingerprint density at radius 2 is 1.90 bits per heavy atom. The molecule has 11 heteroatoms. The first-order valence-corrected chi connectivity index (χ1v) is 9.23. The number of aromatic hydroxyl groups is 1. The number of carbonyl (C=O) groups is 2. The van der Waals surface area contributed by atoms with Gasteiger partial charge in [0.1, 0.15) is 0 Å². The Morgan fingerprint density at radius 1 is 1.17 bits per heavy atom. The highest BCUT2D eigenvalue weighted by Crippen LogP contribution is 2.19. The molecule has 0 aliphatic rings. The maximum atomic E-state index is 12.3. The van der Waals surface area contributed by atoms with Gasteiger partial charge >= 0.3 is 0 Å². The number of nitrogens with zero attached hydrogens (tertiary/aromatic N) is 4. The van der Waals surface area contributed by atoms with Gasteiger partial charge in [-0.3, -0.25) is 9.59 Å². The fraction of sp³-hybridized carbons (Fsp3) is 0.263. The molecule has 1 aromatic carbocycles. The summed E-state index contributed by atoms with van der Waals surface area (Å²) in [5.74, 6) is -1.03. The van der Waals surface area contributed by atoms with Crippen LogP contribution in [0.15, 0.2) is 30.5 Å². The fourth-order valence-electron chi connectivity index (χ4n) is 2.70. The Balaban J connectivity index is 1.59. The maximum Gasteiger partial charge on any atom is 0.251 e. The highest BCUT2D eigenvalue weighted by Gasteiger charge is 2.11. The van der Waals surface area contributed by atoms with Gasteiger partial charge in [-0.05, 0) is 37.6 Å². The number of hydrogen-bond acceptors (Lipinski definition) is 9. The van der Waals surface area contributed by atoms with E-state index in [1.807, 2.05) is 6.92 Å². The topological polar surface area (TPSA) is 182 Å². The van der Waals surface area contributed by atoms with E-state index in [2.05, 4.69) is 30.6 Å². The van der Waals surface area contributed by atoms with Crippen LogP contribution in [0, 0.1) is 0 Å². The van der Waals surface area contributed by atoms with Crippen LogP contribution in [0.3, 0.4) is 0 Å². The minimum atomic E-state index is -0.394. The number of aromatic nitrogens is 4. The molecule has 2 aromatic heterocycles. The smallest absolute Gasteiger partial charge is 0.251 e. The molecule has 3 rings (SSSR count). The van der Waals surface area contributed by atoms with E-state index in [-0.39, 0.29) is 41.4 Å². The van der Waals surface area contributed by atoms with E-state index in [4.69, 9.17) is 11.5 Å². The Kier molecular flexibility index (Phi) is 6.20. The van der Waals surface area contributed by atoms with Crippen molar-refractivity contribution < 1.29 is 14.7 Å². The monoisotopic (exact) mass is 410 g/mol. The average Bonchev–Trinajstić information content (AvgIpc) is 2.71. The second-order valence-electron chi connectivity index (χ2n) is 6.75. The first-order valence-electron chi connectivity index (χ1n) is 9.23. The second kappa shape index (κ2) is 8.99. The molecule has 0 saturated carbocycles. The van der Waals surface area contributed by atoms with E-state index in [0.29, 0.717) is 24.2 Å². The number of fused-ring (bicyclic) bond motifs is 1. The van der Waals surface area contributed by atoms with Crippen molar-refractivity contribution >= 4 is 34.6 Å². The van der Waals surface area contributed by atoms with Gasteiger partial charge in [0.2, 0.25) is 17.7 Å². The fourth-order valence-corrected chi connectivity index (χ4v) is 2.70. The van der Waals surface area contributed by atoms with Crippen molar-refractivity contribution in [1.29, 1.82) is 0 Å². The minimum absolute atomic E-state index is 0.0773. The summed E-state index contributed by atoms with van der Waals surface area (Å²) in [4.78, 5) is 39.1. The molecule has 0 saturated heterocycles. The predicted octanol–water partition coefficient (Wildman–Crippen LogP) is 0.704. The zero-order chi connectivity index (χ0) is 21.7. The van der Waals surface area contributed by atoms with Crippen molar-refractivity contribution in [1.82, 2.24) is 25.3 Å². The van der Waals surface area contributed by atoms with Crippen LogP contribution in [0.4, 0.5) is 11.6 Å². The van der Waals surface area contributed by atoms with Crippen molar-refractivity contribution in [3.63, 3.8) is 0 Å². The minimum Gasteiger partial charge on any atom is -0.492 e. The van der Waals surface area contributed by atoms with E-state index >= 15 is 0 Å². The third-order valence-electron chi connectivity index (χ3n) is 4.28. The highest BCUT2D eigenvalue weighted by atomic mass is 16.3. The van der Waals surface area contributed by atoms with E-state index in [1.54, 1.807) is 24.3 Å². The molecule has 0 aliphatic carbocycles. The molecular formula is C19H22N8O3. The van der Waals surface area contributed by atoms with E-state index in [1.165, 1.54) is 6.20 Å². The van der Waals surface area contributed by atoms with Crippen LogP contribution in [0.25, 0.3) is 11.2 Å². The molecule has 3 aromatic rings. The van der Waals surface area contributed by atoms with Gasteiger partial charge in [-0.25, -0.2) is 9.97 Å². The number of nitrogen functional groups attached to an aromatic ring is 1. The van der Waals surface area contributed by atoms with Crippen molar-refractivity contribution in [3.8, 4) is 5.88 Å². The normalized spacial score (nSPS) is 11.8. The summed E-state index contributed by atoms with van der Waals surface area (Å²) in [6.45, 7) is 2.15. The second-order valence-corrected chi connectivity index (χ2v) is 6.75. The van der Waals surface area contributed by atoms with Crippen LogP contribution in [-0.4, -0.2) is 42.9 Å². The molecule has 0 aliphatic heterocycles. The molecule has 7 N–H and O–H groups in total. The quantitative estimate of drug-likeness (QED) is 0.357. The molecule has 0 fully saturated rings. The van der Waals surface area contributed by atoms with Crippen LogP contribution in [0.5, 0.6) is 5.88 Å². The average molecular weight is 410 g/mol. The highest BCUT2D eigenvalue weighted by molar-refractivity contribution is 5.94. The van der Waals surface area contributed by atoms with Crippen LogP contribution < -0.4 is 22.1 Å². The molecule has 30 heavy (non-hydrogen) atoms. The summed E-state index contributed by atoms with van der Waals surface area (Å²) in [6, 6.07) is 6.74. The zero-order valence-corrected chi connectivity index (χ0v) is 16.3. The first kappa shape index (κ1) is 20.7. The van der Waals surface area contributed by atoms with Crippen LogP contribution in [-0.2, 0) is 11.3 Å². The summed E-state index contributed by atoms with van der Waals surface area (Å²) in [5.41, 5.74) is 12.8. The Labute approximate surface area is 172 Å². The SMILES string of the molecule is C[C@H](CCC(N)=O)NC(=O)c1ccc(NCc2cnc3nc(N)nc(O)c3n2)cc1. The molecule has 0 radical (unpaired) electrons. The lowest BCUT2D eigenvalue weighted by molar-refractivity contribution is -0.118. The van der Waals surface area contributed by atoms with Crippen molar-refractivity contribution in [2.75, 3.05) is 11.1 Å². The number of nitrogens with one attached hydrogen (secondary N) is 2. The molecular weight excluding hydrogens is 388 g/mol. The Hall–Kier alpha value is -4.02. The standard InChI is InChI=1S/C19H22N8O3/c1-10(2-7-14(20)28)24-17(29)11-3-5-12(6-4-11)22-8-13-9-23-16-15(25-13)18(30)27-19(21)26-16/h3-6,9-10,22H,2,7-8H2,1H3,(H2,20,28)(H,24,29)(H3,21,23,26,27,30)/t10-/m1/s1. The van der Waals surface area contributed by atoms with Gasteiger partial charge in [-0.2, -0.15) is 9.97 Å². The van der Waals surface area contributed by atoms with Crippen molar-refractivity contribution in [3.05, 3.63) is 41.7 Å². The van der Waals surface area contributed by atoms with Gasteiger partial charge in [0.05, 0.1) is 18.4 Å². The molecule has 11 nitrogen and oxygen atoms in total. The van der Waals surface area contributed by atoms with Gasteiger partial charge in [0.25, 0.3) is 5.91 Å². The van der Waals surface area contributed by atoms with Crippen molar-refractivity contribution in [2.45, 2.75) is 32.4 Å². The van der Waals surface area contributed by atoms with Crippen LogP contribution >= 0.6 is 0 Å². The maximum absolute atomic E-state index is 12.3. The lowest BCUT2D eigenvalue weighted by Gasteiger charge is -2.13. The summed E-state index contributed by atoms with van der Waals surface area (Å²) >= 11 is 0. The molecule has 156 valence electrons. The number of anilines is 2. The van der Waals surface area contributed by atoms with Gasteiger partial charge in [-0.1, -0.05) is 0 Å². The van der Waals surface area contributed by atoms with Crippen molar-refractivity contribution in [2.24, 2.45) is 5.73 Å². The number of nitrogens with two attached hydrogens (primary N) is 2. The van der Waals surface area contributed by atoms with Crippen LogP contribution in [0.2, 0.25) is 0 Å². The summed E-state index contributed by atoms with van der Waals surface area (Å²) < 4.78 is 0. The summed E-state index contributed by atoms with van der Waals surface area (Å²) in [6.07, 6.45) is 2.23. The molecule has 0 unspecified atom stereocenters. The zero-order valence-electron chi connectivity index (χ0n) is 16.3. The van der Waals surface area contributed by atoms with E-state index in [0.717, 1.165) is 5.69 Å². The number of hydrogen-bond donors (Lipinski definition) is 5. The lowest BCUT2D eigenvalue weighted by atomic mass is 10.1. The third kappa shape index (κ3) is 5.28. The predicted molar refractivity (Wildman–Crippen MR) is 110 cm³/mol. The molecule has 0 bridgehead atoms. The molecule has 1 atom stereocenters. The largest absolute Gasteiger partial charge is 0.492 e. The Morgan fingerprint density at radius 3 is 2.60 bits per heavy atom. The summed E-state index contributed by atoms with van der Waals surface area (Å²) in [5, 5.41) is 15.8. The molecule has 0 spiro atoms. The summed E-state index contributed by atoms with van der Waals surface area (Å²) in [7, 11) is 0. The lowest BCUT2D eigenvalue weighted by Crippen LogP contribution is -2.33. The molecule has 2 heterocycles. The number of primary amides is 1. The number of rotatable bonds is 8. The number of benzene rings is 1. The van der Waals surface area contributed by atoms with Gasteiger partial charge in [0, 0.05) is 23.7 Å². The van der Waals surface area contributed by atoms with Gasteiger partial charge in [0.15, 0.2) is 11.2 Å². The Bertz CT molecular complexity index is 1070. The van der Waals surface area contributed by atoms with Crippen LogP contribution in [0.1, 0.15) is 35.8 Å². The first-order chi connectivity index (χ1) is 14.3. The van der Waals surface area contributed by atoms with Gasteiger partial charge < -0.3 is 27.2 Å². The number of amides is 2. The molecule has 2 amide bonds. The van der Waals surface area contributed by atoms with E-state index in [9.17, 15) is 14.7 Å². The third-order valence-corrected chi connectivity index (χ3v) is 4.28. The van der Waals surface area contributed by atoms with E-state index < -0.39 is 5.91 Å². The number of carbonyl (C=O) groups excluding carboxylic acids is 2. The van der Waals surface area contributed by atoms with Gasteiger partial charge in [-0.15, -0.1) is 0 Å².